The number of amides is 2. The summed E-state index contributed by atoms with van der Waals surface area (Å²) in [5.74, 6) is -0.306. The molecular formula is C20H18ClF3N2O3. The lowest BCUT2D eigenvalue weighted by Crippen LogP contribution is -2.45. The van der Waals surface area contributed by atoms with Gasteiger partial charge in [-0.3, -0.25) is 9.59 Å². The van der Waals surface area contributed by atoms with Crippen molar-refractivity contribution in [2.45, 2.75) is 25.1 Å². The third-order valence-corrected chi connectivity index (χ3v) is 4.78. The first-order chi connectivity index (χ1) is 13.7. The van der Waals surface area contributed by atoms with Gasteiger partial charge in [-0.05, 0) is 61.4 Å². The second-order valence-corrected chi connectivity index (χ2v) is 6.99. The molecule has 1 saturated heterocycles. The molecule has 0 aromatic heterocycles. The summed E-state index contributed by atoms with van der Waals surface area (Å²) in [5, 5.41) is 3.12. The Morgan fingerprint density at radius 2 is 1.76 bits per heavy atom. The smallest absolute Gasteiger partial charge is 0.416 e. The van der Waals surface area contributed by atoms with Crippen molar-refractivity contribution in [1.82, 2.24) is 4.90 Å². The van der Waals surface area contributed by atoms with Gasteiger partial charge < -0.3 is 15.0 Å². The Bertz CT molecular complexity index is 870. The third-order valence-electron chi connectivity index (χ3n) is 4.53. The number of alkyl halides is 3. The van der Waals surface area contributed by atoms with Gasteiger partial charge in [-0.1, -0.05) is 11.6 Å². The molecule has 1 aliphatic rings. The van der Waals surface area contributed by atoms with E-state index in [1.807, 2.05) is 0 Å². The molecule has 1 aliphatic heterocycles. The first-order valence-electron chi connectivity index (χ1n) is 8.90. The number of likely N-dealkylation sites (tertiary alicyclic amines) is 1. The van der Waals surface area contributed by atoms with Crippen molar-refractivity contribution in [3.05, 3.63) is 59.1 Å². The van der Waals surface area contributed by atoms with Gasteiger partial charge in [0, 0.05) is 17.3 Å². The average molecular weight is 427 g/mol. The number of anilines is 1. The van der Waals surface area contributed by atoms with Crippen LogP contribution in [0, 0.1) is 0 Å². The van der Waals surface area contributed by atoms with Crippen LogP contribution in [0.5, 0.6) is 5.75 Å². The summed E-state index contributed by atoms with van der Waals surface area (Å²) >= 11 is 5.80. The molecule has 1 N–H and O–H groups in total. The summed E-state index contributed by atoms with van der Waals surface area (Å²) < 4.78 is 43.3. The number of ether oxygens (including phenoxy) is 1. The van der Waals surface area contributed by atoms with E-state index < -0.39 is 23.7 Å². The topological polar surface area (TPSA) is 58.6 Å². The van der Waals surface area contributed by atoms with Gasteiger partial charge in [0.15, 0.2) is 6.61 Å². The van der Waals surface area contributed by atoms with Gasteiger partial charge in [-0.15, -0.1) is 0 Å². The Kier molecular flexibility index (Phi) is 6.32. The van der Waals surface area contributed by atoms with Crippen LogP contribution in [0.25, 0.3) is 0 Å². The molecule has 0 bridgehead atoms. The summed E-state index contributed by atoms with van der Waals surface area (Å²) in [4.78, 5) is 26.4. The SMILES string of the molecule is O=C(Nc1ccc(C(F)(F)F)cc1)C1CCCN1C(=O)COc1ccc(Cl)cc1. The molecular weight excluding hydrogens is 409 g/mol. The van der Waals surface area contributed by atoms with Crippen LogP contribution in [0.1, 0.15) is 18.4 Å². The van der Waals surface area contributed by atoms with Gasteiger partial charge in [0.2, 0.25) is 5.91 Å². The zero-order chi connectivity index (χ0) is 21.0. The second kappa shape index (κ2) is 8.73. The fourth-order valence-corrected chi connectivity index (χ4v) is 3.19. The molecule has 154 valence electrons. The van der Waals surface area contributed by atoms with E-state index in [-0.39, 0.29) is 18.2 Å². The molecule has 9 heteroatoms. The van der Waals surface area contributed by atoms with Gasteiger partial charge >= 0.3 is 6.18 Å². The number of nitrogens with one attached hydrogen (secondary N) is 1. The second-order valence-electron chi connectivity index (χ2n) is 6.55. The highest BCUT2D eigenvalue weighted by molar-refractivity contribution is 6.30. The van der Waals surface area contributed by atoms with Gasteiger partial charge in [-0.25, -0.2) is 0 Å². The Balaban J connectivity index is 1.58. The van der Waals surface area contributed by atoms with E-state index in [2.05, 4.69) is 5.32 Å². The van der Waals surface area contributed by atoms with Crippen molar-refractivity contribution in [3.8, 4) is 5.75 Å². The maximum atomic E-state index is 12.6. The van der Waals surface area contributed by atoms with E-state index in [1.54, 1.807) is 24.3 Å². The Labute approximate surface area is 170 Å². The first kappa shape index (κ1) is 21.0. The first-order valence-corrected chi connectivity index (χ1v) is 9.28. The fourth-order valence-electron chi connectivity index (χ4n) is 3.06. The van der Waals surface area contributed by atoms with Crippen LogP contribution in [0.2, 0.25) is 5.02 Å². The van der Waals surface area contributed by atoms with Crippen LogP contribution in [0.15, 0.2) is 48.5 Å². The van der Waals surface area contributed by atoms with Crippen molar-refractivity contribution in [1.29, 1.82) is 0 Å². The van der Waals surface area contributed by atoms with Crippen LogP contribution in [-0.4, -0.2) is 35.9 Å². The summed E-state index contributed by atoms with van der Waals surface area (Å²) in [6.45, 7) is 0.180. The zero-order valence-corrected chi connectivity index (χ0v) is 16.0. The number of benzene rings is 2. The number of carbonyl (C=O) groups is 2. The van der Waals surface area contributed by atoms with Crippen molar-refractivity contribution in [2.75, 3.05) is 18.5 Å². The number of nitrogens with zero attached hydrogens (tertiary/aromatic N) is 1. The predicted molar refractivity (Wildman–Crippen MR) is 102 cm³/mol. The monoisotopic (exact) mass is 426 g/mol. The average Bonchev–Trinajstić information content (AvgIpc) is 3.17. The van der Waals surface area contributed by atoms with Crippen LogP contribution in [0.4, 0.5) is 18.9 Å². The molecule has 29 heavy (non-hydrogen) atoms. The molecule has 2 amide bonds. The molecule has 2 aromatic rings. The van der Waals surface area contributed by atoms with E-state index in [1.165, 1.54) is 17.0 Å². The Hall–Kier alpha value is -2.74. The molecule has 0 spiro atoms. The summed E-state index contributed by atoms with van der Waals surface area (Å²) in [7, 11) is 0. The maximum Gasteiger partial charge on any atom is 0.416 e. The lowest BCUT2D eigenvalue weighted by atomic mass is 10.1. The molecule has 1 fully saturated rings. The maximum absolute atomic E-state index is 12.6. The number of rotatable bonds is 5. The van der Waals surface area contributed by atoms with Gasteiger partial charge in [0.1, 0.15) is 11.8 Å². The molecule has 0 saturated carbocycles. The van der Waals surface area contributed by atoms with Crippen molar-refractivity contribution < 1.29 is 27.5 Å². The Morgan fingerprint density at radius 3 is 2.38 bits per heavy atom. The molecule has 2 aromatic carbocycles. The predicted octanol–water partition coefficient (Wildman–Crippen LogP) is 4.37. The van der Waals surface area contributed by atoms with E-state index in [0.717, 1.165) is 12.1 Å². The fraction of sp³-hybridized carbons (Fsp3) is 0.300. The molecule has 0 radical (unpaired) electrons. The zero-order valence-electron chi connectivity index (χ0n) is 15.2. The minimum absolute atomic E-state index is 0.230. The number of carbonyl (C=O) groups excluding carboxylic acids is 2. The van der Waals surface area contributed by atoms with Crippen LogP contribution in [0.3, 0.4) is 0 Å². The van der Waals surface area contributed by atoms with Gasteiger partial charge in [-0.2, -0.15) is 13.2 Å². The number of halogens is 4. The summed E-state index contributed by atoms with van der Waals surface area (Å²) in [6.07, 6.45) is -3.32. The van der Waals surface area contributed by atoms with E-state index in [4.69, 9.17) is 16.3 Å². The molecule has 5 nitrogen and oxygen atoms in total. The van der Waals surface area contributed by atoms with Crippen molar-refractivity contribution >= 4 is 29.1 Å². The number of hydrogen-bond acceptors (Lipinski definition) is 3. The summed E-state index contributed by atoms with van der Waals surface area (Å²) in [5.41, 5.74) is -0.563. The Morgan fingerprint density at radius 1 is 1.10 bits per heavy atom. The quantitative estimate of drug-likeness (QED) is 0.772. The summed E-state index contributed by atoms with van der Waals surface area (Å²) in [6, 6.07) is 10.0. The van der Waals surface area contributed by atoms with Crippen LogP contribution >= 0.6 is 11.6 Å². The van der Waals surface area contributed by atoms with E-state index in [9.17, 15) is 22.8 Å². The normalized spacial score (nSPS) is 16.6. The van der Waals surface area contributed by atoms with Crippen molar-refractivity contribution in [3.63, 3.8) is 0 Å². The lowest BCUT2D eigenvalue weighted by molar-refractivity contribution is -0.138. The standard InChI is InChI=1S/C20H18ClF3N2O3/c21-14-5-9-16(10-6-14)29-12-18(27)26-11-1-2-17(26)19(28)25-15-7-3-13(4-8-15)20(22,23)24/h3-10,17H,1-2,11-12H2,(H,25,28). The minimum Gasteiger partial charge on any atom is -0.484 e. The molecule has 1 heterocycles. The van der Waals surface area contributed by atoms with E-state index >= 15 is 0 Å². The van der Waals surface area contributed by atoms with E-state index in [0.29, 0.717) is 30.2 Å². The highest BCUT2D eigenvalue weighted by atomic mass is 35.5. The molecule has 1 atom stereocenters. The largest absolute Gasteiger partial charge is 0.484 e. The van der Waals surface area contributed by atoms with Crippen LogP contribution in [-0.2, 0) is 15.8 Å². The van der Waals surface area contributed by atoms with Crippen LogP contribution < -0.4 is 10.1 Å². The van der Waals surface area contributed by atoms with Gasteiger partial charge in [0.05, 0.1) is 5.56 Å². The number of hydrogen-bond donors (Lipinski definition) is 1. The molecule has 0 aliphatic carbocycles. The molecule has 3 rings (SSSR count). The van der Waals surface area contributed by atoms with Crippen molar-refractivity contribution in [2.24, 2.45) is 0 Å². The lowest BCUT2D eigenvalue weighted by Gasteiger charge is -2.24. The third kappa shape index (κ3) is 5.41. The molecule has 1 unspecified atom stereocenters. The highest BCUT2D eigenvalue weighted by Crippen LogP contribution is 2.30. The van der Waals surface area contributed by atoms with Gasteiger partial charge in [0.25, 0.3) is 5.91 Å². The highest BCUT2D eigenvalue weighted by Gasteiger charge is 2.34. The minimum atomic E-state index is -4.44.